The van der Waals surface area contributed by atoms with Gasteiger partial charge in [0.05, 0.1) is 5.56 Å². The van der Waals surface area contributed by atoms with Crippen molar-refractivity contribution in [1.29, 1.82) is 0 Å². The topological polar surface area (TPSA) is 70.2 Å². The van der Waals surface area contributed by atoms with Crippen LogP contribution in [0.1, 0.15) is 33.5 Å². The third-order valence-corrected chi connectivity index (χ3v) is 4.13. The largest absolute Gasteiger partial charge is 0.452 e. The van der Waals surface area contributed by atoms with E-state index in [2.05, 4.69) is 10.2 Å². The fraction of sp³-hybridized carbons (Fsp3) is 0.267. The second kappa shape index (κ2) is 5.76. The zero-order valence-electron chi connectivity index (χ0n) is 12.5. The van der Waals surface area contributed by atoms with Gasteiger partial charge in [-0.05, 0) is 37.4 Å². The van der Waals surface area contributed by atoms with Crippen LogP contribution in [0.3, 0.4) is 0 Å². The summed E-state index contributed by atoms with van der Waals surface area (Å²) in [6.07, 6.45) is 0. The lowest BCUT2D eigenvalue weighted by atomic mass is 10.3. The molecular formula is C15H15N3O3S. The van der Waals surface area contributed by atoms with E-state index in [4.69, 9.17) is 9.15 Å². The second-order valence-electron chi connectivity index (χ2n) is 4.88. The molecule has 114 valence electrons. The van der Waals surface area contributed by atoms with Gasteiger partial charge in [-0.1, -0.05) is 0 Å². The summed E-state index contributed by atoms with van der Waals surface area (Å²) < 4.78 is 12.5. The van der Waals surface area contributed by atoms with Gasteiger partial charge < -0.3 is 13.7 Å². The molecule has 6 nitrogen and oxygen atoms in total. The first kappa shape index (κ1) is 14.5. The average Bonchev–Trinajstić information content (AvgIpc) is 3.18. The summed E-state index contributed by atoms with van der Waals surface area (Å²) in [5, 5.41) is 10.2. The van der Waals surface area contributed by atoms with E-state index >= 15 is 0 Å². The molecule has 0 aliphatic carbocycles. The van der Waals surface area contributed by atoms with Gasteiger partial charge in [-0.2, -0.15) is 0 Å². The number of nitrogens with zero attached hydrogens (tertiary/aromatic N) is 3. The Morgan fingerprint density at radius 3 is 2.59 bits per heavy atom. The Bertz CT molecular complexity index is 796. The lowest BCUT2D eigenvalue weighted by molar-refractivity contribution is 0.0437. The van der Waals surface area contributed by atoms with E-state index in [-0.39, 0.29) is 12.5 Å². The highest BCUT2D eigenvalue weighted by molar-refractivity contribution is 7.13. The van der Waals surface area contributed by atoms with Crippen molar-refractivity contribution >= 4 is 17.3 Å². The van der Waals surface area contributed by atoms with Crippen LogP contribution in [0.4, 0.5) is 0 Å². The third kappa shape index (κ3) is 2.67. The molecular weight excluding hydrogens is 302 g/mol. The normalized spacial score (nSPS) is 10.9. The van der Waals surface area contributed by atoms with E-state index in [1.54, 1.807) is 13.0 Å². The number of aromatic nitrogens is 3. The Balaban J connectivity index is 1.81. The van der Waals surface area contributed by atoms with Crippen LogP contribution < -0.4 is 0 Å². The van der Waals surface area contributed by atoms with Crippen LogP contribution >= 0.6 is 11.3 Å². The van der Waals surface area contributed by atoms with Gasteiger partial charge in [0, 0.05) is 18.3 Å². The molecule has 0 aliphatic heterocycles. The molecule has 3 aromatic heterocycles. The van der Waals surface area contributed by atoms with E-state index in [0.717, 1.165) is 16.4 Å². The summed E-state index contributed by atoms with van der Waals surface area (Å²) in [7, 11) is 0. The molecule has 0 saturated carbocycles. The number of esters is 1. The van der Waals surface area contributed by atoms with Crippen molar-refractivity contribution in [1.82, 2.24) is 14.8 Å². The standard InChI is InChI=1S/C15H15N3O3S/c1-9-4-5-10(2)18(9)14-12(6-7-22-14)15(19)20-8-13-17-16-11(3)21-13/h4-7H,8H2,1-3H3. The molecule has 7 heteroatoms. The first-order chi connectivity index (χ1) is 10.6. The summed E-state index contributed by atoms with van der Waals surface area (Å²) in [5.74, 6) is 0.330. The Hall–Kier alpha value is -2.41. The molecule has 0 fully saturated rings. The fourth-order valence-corrected chi connectivity index (χ4v) is 3.22. The summed E-state index contributed by atoms with van der Waals surface area (Å²) in [5.41, 5.74) is 2.67. The molecule has 0 spiro atoms. The van der Waals surface area contributed by atoms with Crippen LogP contribution in [0.5, 0.6) is 0 Å². The number of hydrogen-bond donors (Lipinski definition) is 0. The number of carbonyl (C=O) groups is 1. The van der Waals surface area contributed by atoms with Gasteiger partial charge in [0.25, 0.3) is 5.89 Å². The number of rotatable bonds is 4. The maximum Gasteiger partial charge on any atom is 0.341 e. The maximum atomic E-state index is 12.3. The monoisotopic (exact) mass is 317 g/mol. The van der Waals surface area contributed by atoms with Crippen LogP contribution in [-0.4, -0.2) is 20.7 Å². The SMILES string of the molecule is Cc1nnc(COC(=O)c2ccsc2-n2c(C)ccc2C)o1. The van der Waals surface area contributed by atoms with E-state index in [1.165, 1.54) is 11.3 Å². The lowest BCUT2D eigenvalue weighted by Gasteiger charge is -2.09. The van der Waals surface area contributed by atoms with Crippen molar-refractivity contribution in [2.75, 3.05) is 0 Å². The van der Waals surface area contributed by atoms with Crippen molar-refractivity contribution in [2.45, 2.75) is 27.4 Å². The van der Waals surface area contributed by atoms with Crippen molar-refractivity contribution in [3.05, 3.63) is 52.3 Å². The molecule has 0 aromatic carbocycles. The van der Waals surface area contributed by atoms with E-state index in [0.29, 0.717) is 11.5 Å². The highest BCUT2D eigenvalue weighted by atomic mass is 32.1. The molecule has 0 N–H and O–H groups in total. The lowest BCUT2D eigenvalue weighted by Crippen LogP contribution is -2.09. The van der Waals surface area contributed by atoms with Crippen LogP contribution in [-0.2, 0) is 11.3 Å². The number of thiophene rings is 1. The first-order valence-corrected chi connectivity index (χ1v) is 7.63. The number of ether oxygens (including phenoxy) is 1. The minimum absolute atomic E-state index is 0.0292. The quantitative estimate of drug-likeness (QED) is 0.691. The van der Waals surface area contributed by atoms with Gasteiger partial charge in [-0.3, -0.25) is 0 Å². The summed E-state index contributed by atoms with van der Waals surface area (Å²) in [6, 6.07) is 5.80. The van der Waals surface area contributed by atoms with E-state index in [9.17, 15) is 4.79 Å². The number of carbonyl (C=O) groups excluding carboxylic acids is 1. The average molecular weight is 317 g/mol. The molecule has 3 aromatic rings. The first-order valence-electron chi connectivity index (χ1n) is 6.75. The van der Waals surface area contributed by atoms with E-state index in [1.807, 2.05) is 35.9 Å². The van der Waals surface area contributed by atoms with Gasteiger partial charge in [-0.15, -0.1) is 21.5 Å². The summed E-state index contributed by atoms with van der Waals surface area (Å²) in [6.45, 7) is 5.66. The Morgan fingerprint density at radius 1 is 1.23 bits per heavy atom. The van der Waals surface area contributed by atoms with Crippen molar-refractivity contribution in [2.24, 2.45) is 0 Å². The van der Waals surface area contributed by atoms with Gasteiger partial charge in [0.2, 0.25) is 5.89 Å². The molecule has 3 heterocycles. The highest BCUT2D eigenvalue weighted by Gasteiger charge is 2.18. The Labute approximate surface area is 131 Å². The van der Waals surface area contributed by atoms with Gasteiger partial charge >= 0.3 is 5.97 Å². The Kier molecular flexibility index (Phi) is 3.81. The van der Waals surface area contributed by atoms with Crippen molar-refractivity contribution in [3.63, 3.8) is 0 Å². The molecule has 0 atom stereocenters. The van der Waals surface area contributed by atoms with Gasteiger partial charge in [0.15, 0.2) is 6.61 Å². The second-order valence-corrected chi connectivity index (χ2v) is 5.78. The smallest absolute Gasteiger partial charge is 0.341 e. The molecule has 0 bridgehead atoms. The highest BCUT2D eigenvalue weighted by Crippen LogP contribution is 2.26. The molecule has 3 rings (SSSR count). The van der Waals surface area contributed by atoms with Crippen LogP contribution in [0.25, 0.3) is 5.00 Å². The molecule has 0 saturated heterocycles. The molecule has 0 radical (unpaired) electrons. The molecule has 0 unspecified atom stereocenters. The predicted molar refractivity (Wildman–Crippen MR) is 81.3 cm³/mol. The molecule has 22 heavy (non-hydrogen) atoms. The van der Waals surface area contributed by atoms with Crippen LogP contribution in [0.15, 0.2) is 28.0 Å². The molecule has 0 aliphatic rings. The Morgan fingerprint density at radius 2 is 1.95 bits per heavy atom. The van der Waals surface area contributed by atoms with Crippen LogP contribution in [0, 0.1) is 20.8 Å². The maximum absolute atomic E-state index is 12.3. The van der Waals surface area contributed by atoms with Crippen molar-refractivity contribution < 1.29 is 13.9 Å². The summed E-state index contributed by atoms with van der Waals surface area (Å²) in [4.78, 5) is 12.3. The zero-order valence-corrected chi connectivity index (χ0v) is 13.3. The predicted octanol–water partition coefficient (Wildman–Crippen LogP) is 3.20. The van der Waals surface area contributed by atoms with Crippen LogP contribution in [0.2, 0.25) is 0 Å². The summed E-state index contributed by atoms with van der Waals surface area (Å²) >= 11 is 1.50. The molecule has 0 amide bonds. The van der Waals surface area contributed by atoms with Gasteiger partial charge in [-0.25, -0.2) is 4.79 Å². The minimum atomic E-state index is -0.403. The van der Waals surface area contributed by atoms with E-state index < -0.39 is 5.97 Å². The number of aryl methyl sites for hydroxylation is 3. The van der Waals surface area contributed by atoms with Crippen molar-refractivity contribution in [3.8, 4) is 5.00 Å². The zero-order chi connectivity index (χ0) is 15.7. The fourth-order valence-electron chi connectivity index (χ4n) is 2.22. The number of hydrogen-bond acceptors (Lipinski definition) is 6. The minimum Gasteiger partial charge on any atom is -0.452 e. The third-order valence-electron chi connectivity index (χ3n) is 3.23. The van der Waals surface area contributed by atoms with Gasteiger partial charge in [0.1, 0.15) is 5.00 Å².